The Morgan fingerprint density at radius 2 is 1.74 bits per heavy atom. The van der Waals surface area contributed by atoms with Crippen molar-refractivity contribution in [3.05, 3.63) is 60.2 Å². The van der Waals surface area contributed by atoms with Gasteiger partial charge in [-0.3, -0.25) is 5.43 Å². The number of hydrogen-bond donors (Lipinski definition) is 1. The van der Waals surface area contributed by atoms with Crippen LogP contribution >= 0.6 is 0 Å². The molecule has 0 aliphatic carbocycles. The van der Waals surface area contributed by atoms with Crippen molar-refractivity contribution in [1.82, 2.24) is 0 Å². The van der Waals surface area contributed by atoms with Crippen LogP contribution in [0.2, 0.25) is 0 Å². The van der Waals surface area contributed by atoms with Gasteiger partial charge in [0.15, 0.2) is 0 Å². The Bertz CT molecular complexity index is 532. The van der Waals surface area contributed by atoms with Gasteiger partial charge in [0.05, 0.1) is 12.8 Å². The lowest BCUT2D eigenvalue weighted by Crippen LogP contribution is -2.01. The van der Waals surface area contributed by atoms with Crippen LogP contribution in [0.4, 0.5) is 5.69 Å². The van der Waals surface area contributed by atoms with Crippen molar-refractivity contribution in [2.45, 2.75) is 13.3 Å². The molecule has 0 radical (unpaired) electrons. The van der Waals surface area contributed by atoms with E-state index in [9.17, 15) is 0 Å². The fourth-order valence-electron chi connectivity index (χ4n) is 1.75. The number of methoxy groups -OCH3 is 1. The second-order valence-electron chi connectivity index (χ2n) is 4.35. The van der Waals surface area contributed by atoms with E-state index in [0.29, 0.717) is 0 Å². The summed E-state index contributed by atoms with van der Waals surface area (Å²) < 4.78 is 5.14. The van der Waals surface area contributed by atoms with Crippen LogP contribution in [0.15, 0.2) is 59.7 Å². The number of rotatable bonds is 5. The molecule has 0 fully saturated rings. The summed E-state index contributed by atoms with van der Waals surface area (Å²) in [4.78, 5) is 0. The number of hydrogen-bond acceptors (Lipinski definition) is 3. The van der Waals surface area contributed by atoms with Gasteiger partial charge < -0.3 is 4.74 Å². The second kappa shape index (κ2) is 6.59. The van der Waals surface area contributed by atoms with Gasteiger partial charge in [-0.05, 0) is 36.8 Å². The van der Waals surface area contributed by atoms with E-state index >= 15 is 0 Å². The van der Waals surface area contributed by atoms with Crippen LogP contribution in [0.25, 0.3) is 0 Å². The number of nitrogens with one attached hydrogen (secondary N) is 1. The molecule has 0 atom stereocenters. The van der Waals surface area contributed by atoms with Gasteiger partial charge in [-0.15, -0.1) is 0 Å². The molecule has 0 amide bonds. The first-order chi connectivity index (χ1) is 9.28. The molecular weight excluding hydrogens is 236 g/mol. The number of ether oxygens (including phenoxy) is 1. The van der Waals surface area contributed by atoms with Crippen molar-refractivity contribution >= 4 is 11.4 Å². The van der Waals surface area contributed by atoms with E-state index in [1.807, 2.05) is 49.4 Å². The van der Waals surface area contributed by atoms with Crippen molar-refractivity contribution < 1.29 is 4.74 Å². The lowest BCUT2D eigenvalue weighted by Gasteiger charge is -2.05. The molecule has 0 bridgehead atoms. The highest BCUT2D eigenvalue weighted by molar-refractivity contribution is 5.84. The summed E-state index contributed by atoms with van der Waals surface area (Å²) in [6.45, 7) is 2.01. The Kier molecular flexibility index (Phi) is 4.56. The molecule has 0 saturated heterocycles. The van der Waals surface area contributed by atoms with E-state index in [-0.39, 0.29) is 0 Å². The predicted octanol–water partition coefficient (Wildman–Crippen LogP) is 3.73. The SMILES string of the molecule is COc1ccc(C/C(C)=N/Nc2ccccc2)cc1. The van der Waals surface area contributed by atoms with Crippen molar-refractivity contribution in [3.63, 3.8) is 0 Å². The zero-order valence-corrected chi connectivity index (χ0v) is 11.3. The maximum absolute atomic E-state index is 5.14. The minimum absolute atomic E-state index is 0.823. The first-order valence-corrected chi connectivity index (χ1v) is 6.25. The Labute approximate surface area is 113 Å². The highest BCUT2D eigenvalue weighted by Gasteiger charge is 1.97. The Morgan fingerprint density at radius 3 is 2.37 bits per heavy atom. The topological polar surface area (TPSA) is 33.6 Å². The quantitative estimate of drug-likeness (QED) is 0.651. The minimum Gasteiger partial charge on any atom is -0.497 e. The first-order valence-electron chi connectivity index (χ1n) is 6.25. The highest BCUT2D eigenvalue weighted by Crippen LogP contribution is 2.12. The van der Waals surface area contributed by atoms with Gasteiger partial charge in [0.1, 0.15) is 5.75 Å². The normalized spacial score (nSPS) is 11.2. The molecule has 1 N–H and O–H groups in total. The van der Waals surface area contributed by atoms with Gasteiger partial charge in [0, 0.05) is 12.1 Å². The van der Waals surface area contributed by atoms with Crippen LogP contribution in [0.1, 0.15) is 12.5 Å². The van der Waals surface area contributed by atoms with Crippen molar-refractivity contribution in [2.75, 3.05) is 12.5 Å². The van der Waals surface area contributed by atoms with E-state index in [1.54, 1.807) is 7.11 Å². The summed E-state index contributed by atoms with van der Waals surface area (Å²) in [6.07, 6.45) is 0.823. The number of benzene rings is 2. The molecule has 19 heavy (non-hydrogen) atoms. The maximum atomic E-state index is 5.14. The molecule has 98 valence electrons. The van der Waals surface area contributed by atoms with E-state index in [1.165, 1.54) is 5.56 Å². The molecule has 0 unspecified atom stereocenters. The monoisotopic (exact) mass is 254 g/mol. The second-order valence-corrected chi connectivity index (χ2v) is 4.35. The van der Waals surface area contributed by atoms with Crippen molar-refractivity contribution in [1.29, 1.82) is 0 Å². The standard InChI is InChI=1S/C16H18N2O/c1-13(17-18-15-6-4-3-5-7-15)12-14-8-10-16(19-2)11-9-14/h3-11,18H,12H2,1-2H3/b17-13+. The molecular formula is C16H18N2O. The molecule has 3 nitrogen and oxygen atoms in total. The smallest absolute Gasteiger partial charge is 0.118 e. The summed E-state index contributed by atoms with van der Waals surface area (Å²) in [6, 6.07) is 18.0. The van der Waals surface area contributed by atoms with Gasteiger partial charge >= 0.3 is 0 Å². The maximum Gasteiger partial charge on any atom is 0.118 e. The Balaban J connectivity index is 1.94. The molecule has 2 aromatic rings. The van der Waals surface area contributed by atoms with E-state index in [2.05, 4.69) is 22.7 Å². The molecule has 2 rings (SSSR count). The molecule has 0 spiro atoms. The van der Waals surface area contributed by atoms with Gasteiger partial charge in [-0.2, -0.15) is 5.10 Å². The third-order valence-electron chi connectivity index (χ3n) is 2.77. The van der Waals surface area contributed by atoms with E-state index in [0.717, 1.165) is 23.6 Å². The zero-order chi connectivity index (χ0) is 13.5. The van der Waals surface area contributed by atoms with E-state index < -0.39 is 0 Å². The summed E-state index contributed by atoms with van der Waals surface area (Å²) >= 11 is 0. The number of hydrazone groups is 1. The largest absolute Gasteiger partial charge is 0.497 e. The molecule has 0 saturated carbocycles. The van der Waals surface area contributed by atoms with E-state index in [4.69, 9.17) is 4.74 Å². The zero-order valence-electron chi connectivity index (χ0n) is 11.3. The van der Waals surface area contributed by atoms with Crippen LogP contribution in [-0.2, 0) is 6.42 Å². The van der Waals surface area contributed by atoms with Crippen LogP contribution in [0.3, 0.4) is 0 Å². The number of anilines is 1. The average molecular weight is 254 g/mol. The van der Waals surface area contributed by atoms with Crippen LogP contribution in [-0.4, -0.2) is 12.8 Å². The molecule has 0 heterocycles. The predicted molar refractivity (Wildman–Crippen MR) is 79.9 cm³/mol. The summed E-state index contributed by atoms with van der Waals surface area (Å²) in [7, 11) is 1.67. The average Bonchev–Trinajstić information content (AvgIpc) is 2.47. The summed E-state index contributed by atoms with van der Waals surface area (Å²) in [5, 5.41) is 4.37. The van der Waals surface area contributed by atoms with Crippen LogP contribution in [0, 0.1) is 0 Å². The van der Waals surface area contributed by atoms with Crippen molar-refractivity contribution in [2.24, 2.45) is 5.10 Å². The minimum atomic E-state index is 0.823. The number of nitrogens with zero attached hydrogens (tertiary/aromatic N) is 1. The fourth-order valence-corrected chi connectivity index (χ4v) is 1.75. The molecule has 2 aromatic carbocycles. The third-order valence-corrected chi connectivity index (χ3v) is 2.77. The molecule has 0 aliphatic heterocycles. The summed E-state index contributed by atoms with van der Waals surface area (Å²) in [5.74, 6) is 0.876. The van der Waals surface area contributed by atoms with Crippen LogP contribution < -0.4 is 10.2 Å². The van der Waals surface area contributed by atoms with Gasteiger partial charge in [0.25, 0.3) is 0 Å². The first kappa shape index (κ1) is 13.1. The molecule has 3 heteroatoms. The summed E-state index contributed by atoms with van der Waals surface area (Å²) in [5.41, 5.74) is 6.30. The van der Waals surface area contributed by atoms with Crippen LogP contribution in [0.5, 0.6) is 5.75 Å². The number of para-hydroxylation sites is 1. The fraction of sp³-hybridized carbons (Fsp3) is 0.188. The molecule has 0 aromatic heterocycles. The van der Waals surface area contributed by atoms with Gasteiger partial charge in [-0.1, -0.05) is 30.3 Å². The third kappa shape index (κ3) is 4.14. The van der Waals surface area contributed by atoms with Gasteiger partial charge in [-0.25, -0.2) is 0 Å². The highest BCUT2D eigenvalue weighted by atomic mass is 16.5. The lowest BCUT2D eigenvalue weighted by molar-refractivity contribution is 0.414. The molecule has 0 aliphatic rings. The lowest BCUT2D eigenvalue weighted by atomic mass is 10.1. The Hall–Kier alpha value is -2.29. The Morgan fingerprint density at radius 1 is 1.05 bits per heavy atom. The van der Waals surface area contributed by atoms with Gasteiger partial charge in [0.2, 0.25) is 0 Å². The van der Waals surface area contributed by atoms with Crippen molar-refractivity contribution in [3.8, 4) is 5.75 Å².